The first-order valence-electron chi connectivity index (χ1n) is 10.1. The Hall–Kier alpha value is -2.02. The molecule has 1 aromatic carbocycles. The van der Waals surface area contributed by atoms with Crippen molar-refractivity contribution in [3.8, 4) is 5.75 Å². The summed E-state index contributed by atoms with van der Waals surface area (Å²) >= 11 is 0. The highest BCUT2D eigenvalue weighted by Crippen LogP contribution is 2.43. The van der Waals surface area contributed by atoms with Gasteiger partial charge in [-0.25, -0.2) is 14.1 Å². The minimum atomic E-state index is -0.955. The highest BCUT2D eigenvalue weighted by molar-refractivity contribution is 5.24. The van der Waals surface area contributed by atoms with Crippen LogP contribution in [0.4, 0.5) is 8.78 Å². The van der Waals surface area contributed by atoms with Gasteiger partial charge in [0.15, 0.2) is 11.6 Å². The molecule has 0 amide bonds. The van der Waals surface area contributed by atoms with E-state index < -0.39 is 17.7 Å². The summed E-state index contributed by atoms with van der Waals surface area (Å²) in [5, 5.41) is 15.4. The normalized spacial score (nSPS) is 18.6. The first-order chi connectivity index (χ1) is 13.5. The molecule has 1 N–H and O–H groups in total. The van der Waals surface area contributed by atoms with Gasteiger partial charge in [-0.1, -0.05) is 32.3 Å². The van der Waals surface area contributed by atoms with E-state index in [9.17, 15) is 13.9 Å². The van der Waals surface area contributed by atoms with Crippen LogP contribution in [0.25, 0.3) is 0 Å². The number of aliphatic hydroxyl groups is 1. The molecule has 1 saturated carbocycles. The average molecular weight is 393 g/mol. The van der Waals surface area contributed by atoms with E-state index in [1.165, 1.54) is 24.9 Å². The third-order valence-electron chi connectivity index (χ3n) is 5.92. The van der Waals surface area contributed by atoms with E-state index in [1.807, 2.05) is 0 Å². The van der Waals surface area contributed by atoms with Crippen LogP contribution in [0.3, 0.4) is 0 Å². The molecule has 0 radical (unpaired) electrons. The molecule has 5 nitrogen and oxygen atoms in total. The molecule has 1 aromatic heterocycles. The number of benzene rings is 1. The first-order valence-corrected chi connectivity index (χ1v) is 10.1. The zero-order chi connectivity index (χ0) is 20.0. The van der Waals surface area contributed by atoms with Crippen LogP contribution in [0.15, 0.2) is 30.9 Å². The van der Waals surface area contributed by atoms with Crippen molar-refractivity contribution in [1.82, 2.24) is 14.8 Å². The zero-order valence-electron chi connectivity index (χ0n) is 16.4. The van der Waals surface area contributed by atoms with E-state index in [2.05, 4.69) is 17.0 Å². The summed E-state index contributed by atoms with van der Waals surface area (Å²) in [6.07, 6.45) is 10.3. The molecule has 28 heavy (non-hydrogen) atoms. The van der Waals surface area contributed by atoms with Crippen molar-refractivity contribution < 1.29 is 18.6 Å². The lowest BCUT2D eigenvalue weighted by Crippen LogP contribution is -2.41. The Balaban J connectivity index is 1.54. The quantitative estimate of drug-likeness (QED) is 0.629. The highest BCUT2D eigenvalue weighted by Gasteiger charge is 2.39. The molecule has 7 heteroatoms. The Bertz CT molecular complexity index is 733. The predicted octanol–water partition coefficient (Wildman–Crippen LogP) is 4.68. The van der Waals surface area contributed by atoms with Gasteiger partial charge < -0.3 is 9.84 Å². The lowest BCUT2D eigenvalue weighted by atomic mass is 9.69. The topological polar surface area (TPSA) is 60.2 Å². The predicted molar refractivity (Wildman–Crippen MR) is 102 cm³/mol. The SMILES string of the molecule is CC1(C(O)C(CCCCOc2cccc(F)c2F)n2cncn2)CCCCC1. The minimum absolute atomic E-state index is 0.0671. The molecule has 0 bridgehead atoms. The Morgan fingerprint density at radius 1 is 1.21 bits per heavy atom. The Kier molecular flexibility index (Phi) is 6.99. The molecular formula is C21H29F2N3O2. The second-order valence-corrected chi connectivity index (χ2v) is 8.00. The molecule has 2 unspecified atom stereocenters. The van der Waals surface area contributed by atoms with Crippen LogP contribution >= 0.6 is 0 Å². The van der Waals surface area contributed by atoms with Crippen LogP contribution in [-0.2, 0) is 0 Å². The van der Waals surface area contributed by atoms with Gasteiger partial charge in [-0.3, -0.25) is 0 Å². The van der Waals surface area contributed by atoms with Crippen LogP contribution in [0.1, 0.15) is 64.3 Å². The number of rotatable bonds is 9. The largest absolute Gasteiger partial charge is 0.490 e. The van der Waals surface area contributed by atoms with Gasteiger partial charge in [-0.05, 0) is 49.7 Å². The van der Waals surface area contributed by atoms with E-state index in [-0.39, 0.29) is 23.8 Å². The maximum atomic E-state index is 13.6. The summed E-state index contributed by atoms with van der Waals surface area (Å²) in [6, 6.07) is 3.76. The second-order valence-electron chi connectivity index (χ2n) is 8.00. The maximum Gasteiger partial charge on any atom is 0.200 e. The summed E-state index contributed by atoms with van der Waals surface area (Å²) < 4.78 is 34.0. The average Bonchev–Trinajstić information content (AvgIpc) is 3.22. The molecule has 3 rings (SSSR count). The summed E-state index contributed by atoms with van der Waals surface area (Å²) in [7, 11) is 0. The van der Waals surface area contributed by atoms with Gasteiger partial charge in [0.25, 0.3) is 0 Å². The van der Waals surface area contributed by atoms with Gasteiger partial charge in [-0.2, -0.15) is 9.49 Å². The number of hydrogen-bond donors (Lipinski definition) is 1. The van der Waals surface area contributed by atoms with Gasteiger partial charge >= 0.3 is 0 Å². The molecule has 0 spiro atoms. The smallest absolute Gasteiger partial charge is 0.200 e. The monoisotopic (exact) mass is 393 g/mol. The standard InChI is InChI=1S/C21H29F2N3O2/c1-21(11-4-2-5-12-21)20(27)17(26-15-24-14-25-26)9-3-6-13-28-18-10-7-8-16(22)19(18)23/h7-8,10,14-15,17,20,27H,2-6,9,11-13H2,1H3. The summed E-state index contributed by atoms with van der Waals surface area (Å²) in [5.74, 6) is -1.93. The van der Waals surface area contributed by atoms with Crippen molar-refractivity contribution in [1.29, 1.82) is 0 Å². The molecule has 1 aliphatic rings. The van der Waals surface area contributed by atoms with Crippen LogP contribution in [-0.4, -0.2) is 32.6 Å². The molecule has 2 atom stereocenters. The molecule has 0 saturated heterocycles. The fourth-order valence-electron chi connectivity index (χ4n) is 4.18. The number of halogens is 2. The van der Waals surface area contributed by atoms with Gasteiger partial charge in [0.2, 0.25) is 5.82 Å². The van der Waals surface area contributed by atoms with Crippen molar-refractivity contribution in [3.05, 3.63) is 42.5 Å². The number of unbranched alkanes of at least 4 members (excludes halogenated alkanes) is 1. The van der Waals surface area contributed by atoms with Crippen LogP contribution in [0.2, 0.25) is 0 Å². The zero-order valence-corrected chi connectivity index (χ0v) is 16.4. The number of aromatic nitrogens is 3. The molecular weight excluding hydrogens is 364 g/mol. The van der Waals surface area contributed by atoms with Gasteiger partial charge in [0, 0.05) is 0 Å². The third-order valence-corrected chi connectivity index (χ3v) is 5.92. The molecule has 1 fully saturated rings. The van der Waals surface area contributed by atoms with E-state index >= 15 is 0 Å². The Morgan fingerprint density at radius 3 is 2.71 bits per heavy atom. The van der Waals surface area contributed by atoms with Gasteiger partial charge in [-0.15, -0.1) is 0 Å². The molecule has 0 aliphatic heterocycles. The van der Waals surface area contributed by atoms with Gasteiger partial charge in [0.1, 0.15) is 12.7 Å². The van der Waals surface area contributed by atoms with E-state index in [4.69, 9.17) is 4.74 Å². The van der Waals surface area contributed by atoms with Crippen molar-refractivity contribution in [3.63, 3.8) is 0 Å². The van der Waals surface area contributed by atoms with Crippen LogP contribution in [0, 0.1) is 17.0 Å². The molecule has 1 aliphatic carbocycles. The second kappa shape index (κ2) is 9.45. The van der Waals surface area contributed by atoms with Gasteiger partial charge in [0.05, 0.1) is 18.8 Å². The Labute approximate surface area is 164 Å². The van der Waals surface area contributed by atoms with Crippen molar-refractivity contribution in [2.75, 3.05) is 6.61 Å². The summed E-state index contributed by atoms with van der Waals surface area (Å²) in [5.41, 5.74) is -0.115. The molecule has 1 heterocycles. The summed E-state index contributed by atoms with van der Waals surface area (Å²) in [6.45, 7) is 2.45. The number of aliphatic hydroxyl groups excluding tert-OH is 1. The lowest BCUT2D eigenvalue weighted by Gasteiger charge is -2.41. The fraction of sp³-hybridized carbons (Fsp3) is 0.619. The summed E-state index contributed by atoms with van der Waals surface area (Å²) in [4.78, 5) is 4.03. The first kappa shape index (κ1) is 20.7. The van der Waals surface area contributed by atoms with E-state index in [1.54, 1.807) is 11.0 Å². The lowest BCUT2D eigenvalue weighted by molar-refractivity contribution is -0.0325. The number of nitrogens with zero attached hydrogens (tertiary/aromatic N) is 3. The van der Waals surface area contributed by atoms with Crippen LogP contribution < -0.4 is 4.74 Å². The fourth-order valence-corrected chi connectivity index (χ4v) is 4.18. The Morgan fingerprint density at radius 2 is 2.00 bits per heavy atom. The molecule has 2 aromatic rings. The number of hydrogen-bond acceptors (Lipinski definition) is 4. The number of ether oxygens (including phenoxy) is 1. The van der Waals surface area contributed by atoms with E-state index in [0.717, 1.165) is 44.6 Å². The van der Waals surface area contributed by atoms with Crippen molar-refractivity contribution >= 4 is 0 Å². The third kappa shape index (κ3) is 4.87. The van der Waals surface area contributed by atoms with Crippen molar-refractivity contribution in [2.24, 2.45) is 5.41 Å². The molecule has 154 valence electrons. The maximum absolute atomic E-state index is 13.6. The minimum Gasteiger partial charge on any atom is -0.490 e. The van der Waals surface area contributed by atoms with Crippen molar-refractivity contribution in [2.45, 2.75) is 70.4 Å². The van der Waals surface area contributed by atoms with Crippen LogP contribution in [0.5, 0.6) is 5.75 Å². The van der Waals surface area contributed by atoms with E-state index in [0.29, 0.717) is 6.42 Å². The highest BCUT2D eigenvalue weighted by atomic mass is 19.2.